The molecule has 0 radical (unpaired) electrons. The largest absolute Gasteiger partial charge is 0.495 e. The van der Waals surface area contributed by atoms with Crippen molar-refractivity contribution in [1.29, 1.82) is 0 Å². The van der Waals surface area contributed by atoms with Crippen LogP contribution in [0.5, 0.6) is 5.75 Å². The highest BCUT2D eigenvalue weighted by Crippen LogP contribution is 2.52. The third-order valence-corrected chi connectivity index (χ3v) is 5.54. The van der Waals surface area contributed by atoms with Gasteiger partial charge in [-0.05, 0) is 35.6 Å². The minimum absolute atomic E-state index is 0.291. The van der Waals surface area contributed by atoms with Crippen molar-refractivity contribution in [2.24, 2.45) is 5.92 Å². The molecule has 0 saturated carbocycles. The van der Waals surface area contributed by atoms with Crippen LogP contribution in [0, 0.1) is 5.92 Å². The number of methoxy groups -OCH3 is 1. The Morgan fingerprint density at radius 1 is 1.09 bits per heavy atom. The van der Waals surface area contributed by atoms with E-state index in [-0.39, 0.29) is 0 Å². The first-order valence-corrected chi connectivity index (χ1v) is 8.43. The zero-order valence-corrected chi connectivity index (χ0v) is 14.0. The molecule has 2 aliphatic rings. The zero-order valence-electron chi connectivity index (χ0n) is 12.4. The van der Waals surface area contributed by atoms with Gasteiger partial charge in [0.1, 0.15) is 5.75 Å². The molecule has 0 bridgehead atoms. The van der Waals surface area contributed by atoms with E-state index in [9.17, 15) is 0 Å². The Morgan fingerprint density at radius 2 is 1.91 bits per heavy atom. The van der Waals surface area contributed by atoms with Gasteiger partial charge in [0.25, 0.3) is 0 Å². The van der Waals surface area contributed by atoms with E-state index in [0.29, 0.717) is 17.9 Å². The average Bonchev–Trinajstić information content (AvgIpc) is 3.04. The standard InChI is InChI=1S/C19H18BrNO/c1-22-17-11-5-9-14-12-7-4-8-13(12)18(21-19(14)17)15-6-2-3-10-16(15)20/h2-7,9-13,18,21H,8H2,1H3/t12-,13-,18-/m0/s1. The molecule has 1 N–H and O–H groups in total. The number of halogens is 1. The minimum atomic E-state index is 0.291. The first-order chi connectivity index (χ1) is 10.8. The second kappa shape index (κ2) is 5.47. The molecule has 3 atom stereocenters. The Morgan fingerprint density at radius 3 is 2.73 bits per heavy atom. The molecule has 1 aliphatic heterocycles. The lowest BCUT2D eigenvalue weighted by Gasteiger charge is -2.38. The third kappa shape index (κ3) is 2.07. The summed E-state index contributed by atoms with van der Waals surface area (Å²) in [4.78, 5) is 0. The van der Waals surface area contributed by atoms with Crippen LogP contribution < -0.4 is 10.1 Å². The lowest BCUT2D eigenvalue weighted by molar-refractivity contribution is 0.397. The third-order valence-electron chi connectivity index (χ3n) is 4.82. The highest BCUT2D eigenvalue weighted by Gasteiger charge is 2.39. The second-order valence-corrected chi connectivity index (χ2v) is 6.78. The number of rotatable bonds is 2. The van der Waals surface area contributed by atoms with Crippen LogP contribution in [0.15, 0.2) is 59.1 Å². The van der Waals surface area contributed by atoms with E-state index in [1.807, 2.05) is 6.07 Å². The van der Waals surface area contributed by atoms with E-state index in [4.69, 9.17) is 4.74 Å². The summed E-state index contributed by atoms with van der Waals surface area (Å²) in [5.41, 5.74) is 3.80. The van der Waals surface area contributed by atoms with Gasteiger partial charge < -0.3 is 10.1 Å². The molecule has 0 spiro atoms. The maximum absolute atomic E-state index is 5.58. The summed E-state index contributed by atoms with van der Waals surface area (Å²) in [6.07, 6.45) is 5.78. The summed E-state index contributed by atoms with van der Waals surface area (Å²) < 4.78 is 6.74. The molecule has 2 nitrogen and oxygen atoms in total. The molecule has 2 aromatic rings. The zero-order chi connectivity index (χ0) is 15.1. The van der Waals surface area contributed by atoms with E-state index in [1.54, 1.807) is 7.11 Å². The summed E-state index contributed by atoms with van der Waals surface area (Å²) in [5.74, 6) is 1.94. The monoisotopic (exact) mass is 355 g/mol. The van der Waals surface area contributed by atoms with Crippen molar-refractivity contribution in [3.63, 3.8) is 0 Å². The highest BCUT2D eigenvalue weighted by molar-refractivity contribution is 9.10. The van der Waals surface area contributed by atoms with Gasteiger partial charge in [-0.2, -0.15) is 0 Å². The number of fused-ring (bicyclic) bond motifs is 3. The summed E-state index contributed by atoms with van der Waals surface area (Å²) in [7, 11) is 1.74. The smallest absolute Gasteiger partial charge is 0.142 e. The minimum Gasteiger partial charge on any atom is -0.495 e. The molecule has 0 unspecified atom stereocenters. The maximum Gasteiger partial charge on any atom is 0.142 e. The molecule has 2 aromatic carbocycles. The maximum atomic E-state index is 5.58. The average molecular weight is 356 g/mol. The number of benzene rings is 2. The van der Waals surface area contributed by atoms with Crippen LogP contribution in [-0.4, -0.2) is 7.11 Å². The number of hydrogen-bond acceptors (Lipinski definition) is 2. The summed E-state index contributed by atoms with van der Waals surface area (Å²) >= 11 is 3.71. The Bertz CT molecular complexity index is 740. The Labute approximate surface area is 139 Å². The second-order valence-electron chi connectivity index (χ2n) is 5.92. The van der Waals surface area contributed by atoms with Crippen molar-refractivity contribution in [3.05, 3.63) is 70.2 Å². The SMILES string of the molecule is COc1cccc2c1N[C@H](c1ccccc1Br)[C@H]1CC=C[C@H]21. The molecule has 22 heavy (non-hydrogen) atoms. The lowest BCUT2D eigenvalue weighted by Crippen LogP contribution is -2.29. The van der Waals surface area contributed by atoms with E-state index in [2.05, 4.69) is 69.8 Å². The van der Waals surface area contributed by atoms with Crippen LogP contribution in [0.2, 0.25) is 0 Å². The van der Waals surface area contributed by atoms with Gasteiger partial charge in [-0.15, -0.1) is 0 Å². The van der Waals surface area contributed by atoms with Gasteiger partial charge in [0.15, 0.2) is 0 Å². The Kier molecular flexibility index (Phi) is 3.45. The van der Waals surface area contributed by atoms with Crippen LogP contribution in [0.1, 0.15) is 29.5 Å². The number of allylic oxidation sites excluding steroid dienone is 2. The number of hydrogen-bond donors (Lipinski definition) is 1. The first kappa shape index (κ1) is 13.9. The van der Waals surface area contributed by atoms with Gasteiger partial charge in [0, 0.05) is 10.4 Å². The summed E-state index contributed by atoms with van der Waals surface area (Å²) in [6, 6.07) is 15.1. The van der Waals surface area contributed by atoms with E-state index in [0.717, 1.165) is 22.3 Å². The topological polar surface area (TPSA) is 21.3 Å². The number of para-hydroxylation sites is 1. The predicted octanol–water partition coefficient (Wildman–Crippen LogP) is 5.28. The van der Waals surface area contributed by atoms with Crippen molar-refractivity contribution < 1.29 is 4.74 Å². The number of nitrogens with one attached hydrogen (secondary N) is 1. The van der Waals surface area contributed by atoms with Crippen LogP contribution in [-0.2, 0) is 0 Å². The number of ether oxygens (including phenoxy) is 1. The van der Waals surface area contributed by atoms with E-state index in [1.165, 1.54) is 11.1 Å². The Hall–Kier alpha value is -1.74. The van der Waals surface area contributed by atoms with Crippen molar-refractivity contribution in [2.45, 2.75) is 18.4 Å². The van der Waals surface area contributed by atoms with Crippen molar-refractivity contribution in [2.75, 3.05) is 12.4 Å². The molecule has 0 aromatic heterocycles. The fraction of sp³-hybridized carbons (Fsp3) is 0.263. The first-order valence-electron chi connectivity index (χ1n) is 7.64. The van der Waals surface area contributed by atoms with E-state index >= 15 is 0 Å². The fourth-order valence-electron chi connectivity index (χ4n) is 3.80. The molecule has 0 amide bonds. The van der Waals surface area contributed by atoms with Crippen LogP contribution >= 0.6 is 15.9 Å². The van der Waals surface area contributed by atoms with Crippen LogP contribution in [0.4, 0.5) is 5.69 Å². The fourth-order valence-corrected chi connectivity index (χ4v) is 4.33. The van der Waals surface area contributed by atoms with Gasteiger partial charge in [-0.3, -0.25) is 0 Å². The van der Waals surface area contributed by atoms with Gasteiger partial charge in [0.2, 0.25) is 0 Å². The van der Waals surface area contributed by atoms with Gasteiger partial charge in [-0.25, -0.2) is 0 Å². The van der Waals surface area contributed by atoms with Gasteiger partial charge in [0.05, 0.1) is 18.8 Å². The molecule has 1 aliphatic carbocycles. The predicted molar refractivity (Wildman–Crippen MR) is 93.5 cm³/mol. The van der Waals surface area contributed by atoms with Crippen molar-refractivity contribution in [3.8, 4) is 5.75 Å². The molecular formula is C19H18BrNO. The molecule has 1 heterocycles. The van der Waals surface area contributed by atoms with E-state index < -0.39 is 0 Å². The molecule has 0 saturated heterocycles. The van der Waals surface area contributed by atoms with Crippen LogP contribution in [0.3, 0.4) is 0 Å². The van der Waals surface area contributed by atoms with Gasteiger partial charge >= 0.3 is 0 Å². The normalized spacial score (nSPS) is 25.3. The van der Waals surface area contributed by atoms with Crippen LogP contribution in [0.25, 0.3) is 0 Å². The Balaban J connectivity index is 1.85. The van der Waals surface area contributed by atoms with Crippen molar-refractivity contribution >= 4 is 21.6 Å². The summed E-state index contributed by atoms with van der Waals surface area (Å²) in [6.45, 7) is 0. The number of anilines is 1. The summed E-state index contributed by atoms with van der Waals surface area (Å²) in [5, 5.41) is 3.75. The molecular weight excluding hydrogens is 338 g/mol. The van der Waals surface area contributed by atoms with Crippen molar-refractivity contribution in [1.82, 2.24) is 0 Å². The molecule has 3 heteroatoms. The van der Waals surface area contributed by atoms with Gasteiger partial charge in [-0.1, -0.05) is 58.4 Å². The quantitative estimate of drug-likeness (QED) is 0.739. The molecule has 112 valence electrons. The lowest BCUT2D eigenvalue weighted by atomic mass is 9.77. The molecule has 0 fully saturated rings. The highest BCUT2D eigenvalue weighted by atomic mass is 79.9. The molecule has 4 rings (SSSR count).